The van der Waals surface area contributed by atoms with E-state index in [0.717, 1.165) is 66.1 Å². The summed E-state index contributed by atoms with van der Waals surface area (Å²) in [6.07, 6.45) is 0. The van der Waals surface area contributed by atoms with Gasteiger partial charge in [0.05, 0.1) is 5.69 Å². The molecule has 0 amide bonds. The van der Waals surface area contributed by atoms with Crippen LogP contribution in [0.4, 0.5) is 0 Å². The first-order valence-electron chi connectivity index (χ1n) is 19.9. The number of thiophene rings is 1. The van der Waals surface area contributed by atoms with Crippen LogP contribution in [0.15, 0.2) is 194 Å². The Hall–Kier alpha value is -7.87. The maximum absolute atomic E-state index is 5.25. The van der Waals surface area contributed by atoms with Gasteiger partial charge in [0.25, 0.3) is 0 Å². The third-order valence-electron chi connectivity index (χ3n) is 11.3. The van der Waals surface area contributed by atoms with E-state index in [0.29, 0.717) is 17.5 Å². The number of benzene rings is 9. The van der Waals surface area contributed by atoms with Crippen molar-refractivity contribution in [3.63, 3.8) is 0 Å². The Labute approximate surface area is 348 Å². The zero-order chi connectivity index (χ0) is 39.6. The van der Waals surface area contributed by atoms with Gasteiger partial charge in [-0.1, -0.05) is 152 Å². The number of aromatic nitrogens is 6. The first kappa shape index (κ1) is 34.2. The molecular formula is C53H32N6S. The first-order valence-corrected chi connectivity index (χ1v) is 20.7. The van der Waals surface area contributed by atoms with Crippen molar-refractivity contribution in [3.8, 4) is 62.1 Å². The maximum atomic E-state index is 5.25. The Kier molecular flexibility index (Phi) is 7.92. The van der Waals surface area contributed by atoms with Crippen molar-refractivity contribution in [2.24, 2.45) is 0 Å². The van der Waals surface area contributed by atoms with Crippen molar-refractivity contribution >= 4 is 64.1 Å². The zero-order valence-electron chi connectivity index (χ0n) is 32.1. The molecule has 0 aliphatic rings. The van der Waals surface area contributed by atoms with Crippen LogP contribution >= 0.6 is 11.3 Å². The molecule has 7 heteroatoms. The van der Waals surface area contributed by atoms with E-state index in [1.165, 1.54) is 31.3 Å². The standard InChI is InChI=1S/C53H32N6S/c1-3-12-33(13-4-1)41-18-7-8-19-42(41)36-14-11-15-37(30-36)51-54-52(56-53(55-51)39-26-28-44-43-20-9-10-21-47(43)60-48(44)32-39)38-25-23-34-22-24-35-27-29-46-50(49(35)45(34)31-38)58-59(57-46)40-16-5-2-6-17-40/h1-32H. The van der Waals surface area contributed by atoms with Gasteiger partial charge < -0.3 is 0 Å². The van der Waals surface area contributed by atoms with Gasteiger partial charge in [-0.3, -0.25) is 0 Å². The smallest absolute Gasteiger partial charge is 0.164 e. The summed E-state index contributed by atoms with van der Waals surface area (Å²) in [4.78, 5) is 17.4. The lowest BCUT2D eigenvalue weighted by Crippen LogP contribution is -2.00. The number of hydrogen-bond donors (Lipinski definition) is 0. The SMILES string of the molecule is c1ccc(-c2ccccc2-c2cccc(-c3nc(-c4ccc5c(c4)sc4ccccc45)nc(-c4ccc5ccc6ccc7nn(-c8ccccc8)nc7c6c5c4)n3)c2)cc1. The minimum absolute atomic E-state index is 0.598. The van der Waals surface area contributed by atoms with Crippen molar-refractivity contribution in [1.29, 1.82) is 0 Å². The molecule has 0 N–H and O–H groups in total. The lowest BCUT2D eigenvalue weighted by molar-refractivity contribution is 0.766. The lowest BCUT2D eigenvalue weighted by Gasteiger charge is -2.13. The van der Waals surface area contributed by atoms with Crippen molar-refractivity contribution < 1.29 is 0 Å². The number of rotatable bonds is 6. The molecule has 60 heavy (non-hydrogen) atoms. The molecule has 0 fully saturated rings. The third kappa shape index (κ3) is 5.82. The van der Waals surface area contributed by atoms with Gasteiger partial charge in [-0.15, -0.1) is 21.5 Å². The van der Waals surface area contributed by atoms with Crippen molar-refractivity contribution in [3.05, 3.63) is 194 Å². The highest BCUT2D eigenvalue weighted by atomic mass is 32.1. The second-order valence-corrected chi connectivity index (χ2v) is 16.0. The van der Waals surface area contributed by atoms with Crippen LogP contribution in [0.5, 0.6) is 0 Å². The van der Waals surface area contributed by atoms with Crippen molar-refractivity contribution in [2.75, 3.05) is 0 Å². The molecule has 0 saturated carbocycles. The molecule has 0 aliphatic carbocycles. The van der Waals surface area contributed by atoms with Crippen LogP contribution in [0.3, 0.4) is 0 Å². The van der Waals surface area contributed by atoms with Crippen LogP contribution in [0.25, 0.3) is 115 Å². The van der Waals surface area contributed by atoms with Crippen LogP contribution in [0.1, 0.15) is 0 Å². The highest BCUT2D eigenvalue weighted by molar-refractivity contribution is 7.25. The molecule has 0 unspecified atom stereocenters. The summed E-state index contributed by atoms with van der Waals surface area (Å²) in [7, 11) is 0. The summed E-state index contributed by atoms with van der Waals surface area (Å²) < 4.78 is 2.46. The van der Waals surface area contributed by atoms with Crippen LogP contribution in [-0.4, -0.2) is 29.9 Å². The van der Waals surface area contributed by atoms with E-state index in [-0.39, 0.29) is 0 Å². The van der Waals surface area contributed by atoms with E-state index in [1.54, 1.807) is 16.1 Å². The Morgan fingerprint density at radius 1 is 0.367 bits per heavy atom. The van der Waals surface area contributed by atoms with Crippen LogP contribution in [0, 0.1) is 0 Å². The van der Waals surface area contributed by atoms with Crippen LogP contribution < -0.4 is 0 Å². The molecule has 0 saturated heterocycles. The van der Waals surface area contributed by atoms with Crippen LogP contribution in [0.2, 0.25) is 0 Å². The van der Waals surface area contributed by atoms with Gasteiger partial charge in [-0.05, 0) is 80.9 Å². The van der Waals surface area contributed by atoms with Gasteiger partial charge in [0.2, 0.25) is 0 Å². The summed E-state index contributed by atoms with van der Waals surface area (Å²) in [5, 5.41) is 16.7. The second-order valence-electron chi connectivity index (χ2n) is 15.0. The molecule has 0 radical (unpaired) electrons. The molecule has 9 aromatic carbocycles. The van der Waals surface area contributed by atoms with E-state index in [9.17, 15) is 0 Å². The molecular weight excluding hydrogens is 753 g/mol. The summed E-state index contributed by atoms with van der Waals surface area (Å²) in [5.74, 6) is 1.83. The minimum Gasteiger partial charge on any atom is -0.208 e. The predicted octanol–water partition coefficient (Wildman–Crippen LogP) is 13.6. The van der Waals surface area contributed by atoms with E-state index < -0.39 is 0 Å². The molecule has 0 bridgehead atoms. The molecule has 6 nitrogen and oxygen atoms in total. The summed E-state index contributed by atoms with van der Waals surface area (Å²) in [5.41, 5.74) is 9.91. The number of hydrogen-bond acceptors (Lipinski definition) is 6. The highest BCUT2D eigenvalue weighted by Gasteiger charge is 2.18. The molecule has 280 valence electrons. The highest BCUT2D eigenvalue weighted by Crippen LogP contribution is 2.39. The van der Waals surface area contributed by atoms with E-state index in [2.05, 4.69) is 158 Å². The topological polar surface area (TPSA) is 69.4 Å². The fraction of sp³-hybridized carbons (Fsp3) is 0. The summed E-state index contributed by atoms with van der Waals surface area (Å²) in [6, 6.07) is 67.7. The van der Waals surface area contributed by atoms with Gasteiger partial charge in [-0.25, -0.2) is 15.0 Å². The predicted molar refractivity (Wildman–Crippen MR) is 247 cm³/mol. The number of fused-ring (bicyclic) bond motifs is 8. The average molecular weight is 785 g/mol. The molecule has 0 spiro atoms. The summed E-state index contributed by atoms with van der Waals surface area (Å²) in [6.45, 7) is 0. The molecule has 12 rings (SSSR count). The fourth-order valence-electron chi connectivity index (χ4n) is 8.39. The maximum Gasteiger partial charge on any atom is 0.164 e. The van der Waals surface area contributed by atoms with Crippen molar-refractivity contribution in [1.82, 2.24) is 29.9 Å². The van der Waals surface area contributed by atoms with Gasteiger partial charge in [0.15, 0.2) is 17.5 Å². The fourth-order valence-corrected chi connectivity index (χ4v) is 9.54. The lowest BCUT2D eigenvalue weighted by atomic mass is 9.93. The van der Waals surface area contributed by atoms with Gasteiger partial charge in [0, 0.05) is 42.2 Å². The van der Waals surface area contributed by atoms with Gasteiger partial charge in [0.1, 0.15) is 11.0 Å². The van der Waals surface area contributed by atoms with Gasteiger partial charge >= 0.3 is 0 Å². The monoisotopic (exact) mass is 784 g/mol. The van der Waals surface area contributed by atoms with Gasteiger partial charge in [-0.2, -0.15) is 4.80 Å². The average Bonchev–Trinajstić information content (AvgIpc) is 3.94. The van der Waals surface area contributed by atoms with E-state index in [4.69, 9.17) is 25.1 Å². The Bertz CT molecular complexity index is 3610. The second kappa shape index (κ2) is 13.9. The first-order chi connectivity index (χ1) is 29.7. The third-order valence-corrected chi connectivity index (χ3v) is 12.4. The molecule has 12 aromatic rings. The normalized spacial score (nSPS) is 11.7. The largest absolute Gasteiger partial charge is 0.208 e. The van der Waals surface area contributed by atoms with Crippen LogP contribution in [-0.2, 0) is 0 Å². The van der Waals surface area contributed by atoms with E-state index >= 15 is 0 Å². The Morgan fingerprint density at radius 3 is 1.77 bits per heavy atom. The zero-order valence-corrected chi connectivity index (χ0v) is 32.9. The van der Waals surface area contributed by atoms with Crippen molar-refractivity contribution in [2.45, 2.75) is 0 Å². The molecule has 0 atom stereocenters. The molecule has 0 aliphatic heterocycles. The number of para-hydroxylation sites is 1. The summed E-state index contributed by atoms with van der Waals surface area (Å²) >= 11 is 1.79. The molecule has 3 heterocycles. The Balaban J connectivity index is 1.05. The Morgan fingerprint density at radius 2 is 0.950 bits per heavy atom. The number of nitrogens with zero attached hydrogens (tertiary/aromatic N) is 6. The van der Waals surface area contributed by atoms with E-state index in [1.807, 2.05) is 36.4 Å². The minimum atomic E-state index is 0.598. The quantitative estimate of drug-likeness (QED) is 0.157. The molecule has 3 aromatic heterocycles.